The van der Waals surface area contributed by atoms with Crippen molar-refractivity contribution >= 4 is 17.5 Å². The zero-order valence-corrected chi connectivity index (χ0v) is 16.4. The number of anilines is 1. The van der Waals surface area contributed by atoms with Gasteiger partial charge >= 0.3 is 6.18 Å². The second-order valence-corrected chi connectivity index (χ2v) is 7.63. The monoisotopic (exact) mass is 437 g/mol. The van der Waals surface area contributed by atoms with E-state index in [1.165, 1.54) is 40.1 Å². The molecule has 1 spiro atoms. The molecule has 2 aromatic rings. The molecule has 0 N–H and O–H groups in total. The zero-order valence-electron chi connectivity index (χ0n) is 16.4. The van der Waals surface area contributed by atoms with Crippen LogP contribution in [0.4, 0.5) is 23.2 Å². The van der Waals surface area contributed by atoms with Gasteiger partial charge in [-0.15, -0.1) is 0 Å². The van der Waals surface area contributed by atoms with Gasteiger partial charge in [0, 0.05) is 18.8 Å². The van der Waals surface area contributed by atoms with Crippen molar-refractivity contribution in [3.05, 3.63) is 59.7 Å². The van der Waals surface area contributed by atoms with Crippen molar-refractivity contribution < 1.29 is 31.9 Å². The third kappa shape index (κ3) is 4.39. The highest BCUT2D eigenvalue weighted by Gasteiger charge is 2.44. The summed E-state index contributed by atoms with van der Waals surface area (Å²) in [5, 5.41) is 0. The molecule has 0 bridgehead atoms. The fraction of sp³-hybridized carbons (Fsp3) is 0.381. The lowest BCUT2D eigenvalue weighted by Gasteiger charge is -2.46. The number of ether oxygens (including phenoxy) is 1. The van der Waals surface area contributed by atoms with Gasteiger partial charge in [0.15, 0.2) is 0 Å². The maximum absolute atomic E-state index is 13.2. The molecule has 2 aliphatic rings. The maximum Gasteiger partial charge on any atom is 0.433 e. The third-order valence-corrected chi connectivity index (χ3v) is 5.61. The Morgan fingerprint density at radius 3 is 2.39 bits per heavy atom. The molecule has 0 atom stereocenters. The number of piperidine rings is 1. The van der Waals surface area contributed by atoms with Crippen molar-refractivity contribution in [2.24, 2.45) is 0 Å². The van der Waals surface area contributed by atoms with Crippen LogP contribution in [0.15, 0.2) is 42.5 Å². The fourth-order valence-corrected chi connectivity index (χ4v) is 3.86. The highest BCUT2D eigenvalue weighted by Crippen LogP contribution is 2.33. The molecule has 0 saturated carbocycles. The first-order valence-corrected chi connectivity index (χ1v) is 9.70. The summed E-state index contributed by atoms with van der Waals surface area (Å²) >= 11 is 0. The molecule has 1 aromatic heterocycles. The fourth-order valence-electron chi connectivity index (χ4n) is 3.86. The number of morpholine rings is 1. The molecule has 0 radical (unpaired) electrons. The van der Waals surface area contributed by atoms with Gasteiger partial charge in [0.05, 0.1) is 12.1 Å². The Morgan fingerprint density at radius 1 is 1.06 bits per heavy atom. The summed E-state index contributed by atoms with van der Waals surface area (Å²) in [6.07, 6.45) is -3.82. The Kier molecular flexibility index (Phi) is 5.42. The van der Waals surface area contributed by atoms with Crippen LogP contribution in [0.3, 0.4) is 0 Å². The van der Waals surface area contributed by atoms with Gasteiger partial charge in [-0.05, 0) is 49.2 Å². The van der Waals surface area contributed by atoms with E-state index in [0.717, 1.165) is 12.1 Å². The van der Waals surface area contributed by atoms with Crippen LogP contribution in [0.5, 0.6) is 0 Å². The summed E-state index contributed by atoms with van der Waals surface area (Å²) in [5.74, 6) is -1.23. The van der Waals surface area contributed by atoms with Gasteiger partial charge in [-0.2, -0.15) is 13.2 Å². The van der Waals surface area contributed by atoms with Crippen LogP contribution in [0.1, 0.15) is 29.0 Å². The minimum atomic E-state index is -4.63. The minimum Gasteiger partial charge on any atom is -0.363 e. The van der Waals surface area contributed by atoms with Crippen LogP contribution >= 0.6 is 0 Å². The first-order valence-electron chi connectivity index (χ1n) is 9.70. The molecule has 6 nitrogen and oxygen atoms in total. The topological polar surface area (TPSA) is 62.7 Å². The lowest BCUT2D eigenvalue weighted by atomic mass is 9.89. The molecule has 2 amide bonds. The third-order valence-electron chi connectivity index (χ3n) is 5.61. The van der Waals surface area contributed by atoms with Gasteiger partial charge in [0.2, 0.25) is 0 Å². The van der Waals surface area contributed by atoms with Crippen LogP contribution in [0.25, 0.3) is 0 Å². The van der Waals surface area contributed by atoms with Gasteiger partial charge < -0.3 is 14.5 Å². The number of benzene rings is 1. The largest absolute Gasteiger partial charge is 0.433 e. The van der Waals surface area contributed by atoms with Gasteiger partial charge in [-0.1, -0.05) is 6.07 Å². The van der Waals surface area contributed by atoms with Crippen molar-refractivity contribution in [2.45, 2.75) is 24.6 Å². The second-order valence-electron chi connectivity index (χ2n) is 7.63. The van der Waals surface area contributed by atoms with E-state index in [9.17, 15) is 27.2 Å². The maximum atomic E-state index is 13.2. The Balaban J connectivity index is 1.45. The van der Waals surface area contributed by atoms with Crippen molar-refractivity contribution in [1.82, 2.24) is 9.88 Å². The number of nitrogens with zero attached hydrogens (tertiary/aromatic N) is 3. The molecular formula is C21H19F4N3O3. The predicted molar refractivity (Wildman–Crippen MR) is 102 cm³/mol. The molecule has 1 aromatic carbocycles. The van der Waals surface area contributed by atoms with E-state index in [4.69, 9.17) is 4.74 Å². The number of carbonyl (C=O) groups is 2. The highest BCUT2D eigenvalue weighted by atomic mass is 19.4. The van der Waals surface area contributed by atoms with E-state index >= 15 is 0 Å². The first-order chi connectivity index (χ1) is 14.7. The predicted octanol–water partition coefficient (Wildman–Crippen LogP) is 3.28. The molecule has 3 heterocycles. The van der Waals surface area contributed by atoms with Crippen molar-refractivity contribution in [2.75, 3.05) is 31.1 Å². The normalized spacial score (nSPS) is 19.0. The number of carbonyl (C=O) groups excluding carboxylic acids is 2. The van der Waals surface area contributed by atoms with E-state index in [0.29, 0.717) is 18.5 Å². The number of halogens is 4. The number of rotatable bonds is 2. The Morgan fingerprint density at radius 2 is 1.74 bits per heavy atom. The van der Waals surface area contributed by atoms with Gasteiger partial charge in [-0.3, -0.25) is 9.59 Å². The average Bonchev–Trinajstić information content (AvgIpc) is 2.76. The van der Waals surface area contributed by atoms with E-state index < -0.39 is 29.2 Å². The molecule has 31 heavy (non-hydrogen) atoms. The molecule has 2 aliphatic heterocycles. The smallest absolute Gasteiger partial charge is 0.363 e. The van der Waals surface area contributed by atoms with Crippen molar-refractivity contribution in [3.8, 4) is 0 Å². The first kappa shape index (κ1) is 21.2. The van der Waals surface area contributed by atoms with Crippen LogP contribution in [0.2, 0.25) is 0 Å². The number of hydrogen-bond acceptors (Lipinski definition) is 4. The molecule has 10 heteroatoms. The summed E-state index contributed by atoms with van der Waals surface area (Å²) in [6, 6.07) is 8.81. The number of amides is 2. The quantitative estimate of drug-likeness (QED) is 0.677. The van der Waals surface area contributed by atoms with Gasteiger partial charge in [0.25, 0.3) is 11.8 Å². The van der Waals surface area contributed by atoms with Crippen molar-refractivity contribution in [3.63, 3.8) is 0 Å². The van der Waals surface area contributed by atoms with Crippen molar-refractivity contribution in [1.29, 1.82) is 0 Å². The molecule has 4 rings (SSSR count). The molecular weight excluding hydrogens is 418 g/mol. The SMILES string of the molecule is O=C(c1cccc(C(F)(F)F)n1)N1CCC2(CC1)CN(c1ccc(F)cc1)C(=O)CO2. The number of aromatic nitrogens is 1. The summed E-state index contributed by atoms with van der Waals surface area (Å²) in [5.41, 5.74) is -1.50. The van der Waals surface area contributed by atoms with Crippen LogP contribution in [-0.4, -0.2) is 53.5 Å². The number of likely N-dealkylation sites (tertiary alicyclic amines) is 1. The summed E-state index contributed by atoms with van der Waals surface area (Å²) in [6.45, 7) is 0.617. The lowest BCUT2D eigenvalue weighted by molar-refractivity contribution is -0.144. The van der Waals surface area contributed by atoms with Crippen LogP contribution in [-0.2, 0) is 15.7 Å². The molecule has 2 fully saturated rings. The van der Waals surface area contributed by atoms with Crippen LogP contribution < -0.4 is 4.90 Å². The highest BCUT2D eigenvalue weighted by molar-refractivity contribution is 5.95. The Bertz CT molecular complexity index is 986. The van der Waals surface area contributed by atoms with E-state index in [-0.39, 0.29) is 37.8 Å². The molecule has 0 unspecified atom stereocenters. The molecule has 164 valence electrons. The standard InChI is InChI=1S/C21H19F4N3O3/c22-14-4-6-15(7-5-14)28-13-20(31-12-18(28)29)8-10-27(11-9-20)19(30)16-2-1-3-17(26-16)21(23,24)25/h1-7H,8-13H2. The second kappa shape index (κ2) is 7.92. The summed E-state index contributed by atoms with van der Waals surface area (Å²) in [7, 11) is 0. The van der Waals surface area contributed by atoms with Gasteiger partial charge in [0.1, 0.15) is 23.8 Å². The van der Waals surface area contributed by atoms with Crippen LogP contribution in [0, 0.1) is 5.82 Å². The zero-order chi connectivity index (χ0) is 22.2. The lowest BCUT2D eigenvalue weighted by Crippen LogP contribution is -2.59. The minimum absolute atomic E-state index is 0.138. The Labute approximate surface area is 175 Å². The van der Waals surface area contributed by atoms with Gasteiger partial charge in [-0.25, -0.2) is 9.37 Å². The number of alkyl halides is 3. The molecule has 0 aliphatic carbocycles. The average molecular weight is 437 g/mol. The summed E-state index contributed by atoms with van der Waals surface area (Å²) in [4.78, 5) is 31.4. The number of hydrogen-bond donors (Lipinski definition) is 0. The Hall–Kier alpha value is -3.01. The summed E-state index contributed by atoms with van der Waals surface area (Å²) < 4.78 is 57.7. The van der Waals surface area contributed by atoms with E-state index in [1.54, 1.807) is 0 Å². The number of pyridine rings is 1. The van der Waals surface area contributed by atoms with E-state index in [1.807, 2.05) is 0 Å². The molecule has 2 saturated heterocycles. The van der Waals surface area contributed by atoms with E-state index in [2.05, 4.69) is 4.98 Å².